The predicted molar refractivity (Wildman–Crippen MR) is 86.6 cm³/mol. The van der Waals surface area contributed by atoms with E-state index in [1.807, 2.05) is 7.05 Å². The SMILES string of the molecule is CC(=O)/C(=C(/C)CC(C)(C)C)N(C)C1CCC(C#N)CC1. The van der Waals surface area contributed by atoms with Gasteiger partial charge in [-0.25, -0.2) is 0 Å². The third-order valence-electron chi connectivity index (χ3n) is 4.31. The molecular weight excluding hydrogens is 260 g/mol. The van der Waals surface area contributed by atoms with Gasteiger partial charge < -0.3 is 4.90 Å². The highest BCUT2D eigenvalue weighted by molar-refractivity contribution is 5.93. The molecule has 0 aliphatic heterocycles. The van der Waals surface area contributed by atoms with E-state index in [0.717, 1.165) is 37.8 Å². The van der Waals surface area contributed by atoms with Crippen molar-refractivity contribution in [2.24, 2.45) is 11.3 Å². The summed E-state index contributed by atoms with van der Waals surface area (Å²) in [7, 11) is 2.04. The maximum Gasteiger partial charge on any atom is 0.175 e. The van der Waals surface area contributed by atoms with Gasteiger partial charge in [-0.15, -0.1) is 0 Å². The summed E-state index contributed by atoms with van der Waals surface area (Å²) in [5, 5.41) is 9.00. The van der Waals surface area contributed by atoms with Crippen molar-refractivity contribution in [2.75, 3.05) is 7.05 Å². The van der Waals surface area contributed by atoms with Crippen molar-refractivity contribution < 1.29 is 4.79 Å². The normalized spacial score (nSPS) is 24.0. The van der Waals surface area contributed by atoms with Gasteiger partial charge in [0.1, 0.15) is 0 Å². The van der Waals surface area contributed by atoms with Crippen LogP contribution < -0.4 is 0 Å². The highest BCUT2D eigenvalue weighted by atomic mass is 16.1. The molecule has 3 nitrogen and oxygen atoms in total. The zero-order valence-corrected chi connectivity index (χ0v) is 14.5. The number of ketones is 1. The monoisotopic (exact) mass is 290 g/mol. The first-order chi connectivity index (χ1) is 9.65. The van der Waals surface area contributed by atoms with Crippen LogP contribution >= 0.6 is 0 Å². The number of hydrogen-bond acceptors (Lipinski definition) is 3. The lowest BCUT2D eigenvalue weighted by Crippen LogP contribution is -2.37. The minimum atomic E-state index is 0.154. The van der Waals surface area contributed by atoms with Gasteiger partial charge in [-0.3, -0.25) is 4.79 Å². The topological polar surface area (TPSA) is 44.1 Å². The molecule has 0 bridgehead atoms. The second-order valence-electron chi connectivity index (χ2n) is 7.67. The summed E-state index contributed by atoms with van der Waals surface area (Å²) >= 11 is 0. The summed E-state index contributed by atoms with van der Waals surface area (Å²) in [6.07, 6.45) is 4.85. The molecule has 0 unspecified atom stereocenters. The molecule has 0 atom stereocenters. The zero-order valence-electron chi connectivity index (χ0n) is 14.5. The third kappa shape index (κ3) is 5.19. The number of nitrogens with zero attached hydrogens (tertiary/aromatic N) is 2. The van der Waals surface area contributed by atoms with E-state index in [9.17, 15) is 4.79 Å². The summed E-state index contributed by atoms with van der Waals surface area (Å²) in [6, 6.07) is 2.76. The van der Waals surface area contributed by atoms with Crippen molar-refractivity contribution in [1.82, 2.24) is 4.90 Å². The molecule has 0 aromatic rings. The smallest absolute Gasteiger partial charge is 0.175 e. The molecule has 0 amide bonds. The van der Waals surface area contributed by atoms with E-state index in [2.05, 4.69) is 38.7 Å². The molecule has 21 heavy (non-hydrogen) atoms. The van der Waals surface area contributed by atoms with Crippen molar-refractivity contribution in [3.63, 3.8) is 0 Å². The van der Waals surface area contributed by atoms with Gasteiger partial charge in [0.05, 0.1) is 11.8 Å². The standard InChI is InChI=1S/C18H30N2O/c1-13(11-18(3,4)5)17(14(2)21)20(6)16-9-7-15(12-19)8-10-16/h15-16H,7-11H2,1-6H3/b17-13+. The number of rotatable bonds is 4. The lowest BCUT2D eigenvalue weighted by molar-refractivity contribution is -0.115. The third-order valence-corrected chi connectivity index (χ3v) is 4.31. The summed E-state index contributed by atoms with van der Waals surface area (Å²) in [5.41, 5.74) is 2.25. The largest absolute Gasteiger partial charge is 0.369 e. The van der Waals surface area contributed by atoms with Crippen LogP contribution in [0.1, 0.15) is 66.7 Å². The van der Waals surface area contributed by atoms with E-state index in [4.69, 9.17) is 5.26 Å². The quantitative estimate of drug-likeness (QED) is 0.725. The molecule has 1 aliphatic rings. The molecule has 0 aromatic carbocycles. The average molecular weight is 290 g/mol. The van der Waals surface area contributed by atoms with Crippen LogP contribution in [0.3, 0.4) is 0 Å². The molecule has 118 valence electrons. The molecular formula is C18H30N2O. The lowest BCUT2D eigenvalue weighted by Gasteiger charge is -2.36. The summed E-state index contributed by atoms with van der Waals surface area (Å²) in [6.45, 7) is 10.4. The highest BCUT2D eigenvalue weighted by Gasteiger charge is 2.27. The van der Waals surface area contributed by atoms with Crippen molar-refractivity contribution in [1.29, 1.82) is 5.26 Å². The first kappa shape index (κ1) is 17.8. The number of Topliss-reactive ketones (excluding diaryl/α,β-unsaturated/α-hetero) is 1. The fourth-order valence-electron chi connectivity index (χ4n) is 3.50. The van der Waals surface area contributed by atoms with Crippen LogP contribution in [0, 0.1) is 22.7 Å². The molecule has 1 aliphatic carbocycles. The van der Waals surface area contributed by atoms with E-state index in [-0.39, 0.29) is 17.1 Å². The number of hydrogen-bond donors (Lipinski definition) is 0. The van der Waals surface area contributed by atoms with Gasteiger partial charge in [0.25, 0.3) is 0 Å². The Bertz CT molecular complexity index is 443. The summed E-state index contributed by atoms with van der Waals surface area (Å²) < 4.78 is 0. The van der Waals surface area contributed by atoms with Gasteiger partial charge >= 0.3 is 0 Å². The molecule has 0 spiro atoms. The first-order valence-electron chi connectivity index (χ1n) is 7.99. The molecule has 1 fully saturated rings. The number of carbonyl (C=O) groups is 1. The zero-order chi connectivity index (χ0) is 16.2. The summed E-state index contributed by atoms with van der Waals surface area (Å²) in [4.78, 5) is 14.3. The van der Waals surface area contributed by atoms with Crippen molar-refractivity contribution in [2.45, 2.75) is 72.8 Å². The molecule has 1 saturated carbocycles. The van der Waals surface area contributed by atoms with Gasteiger partial charge in [-0.1, -0.05) is 20.8 Å². The van der Waals surface area contributed by atoms with E-state index < -0.39 is 0 Å². The van der Waals surface area contributed by atoms with Gasteiger partial charge in [-0.2, -0.15) is 5.26 Å². The number of likely N-dealkylation sites (N-methyl/N-ethyl adjacent to an activating group) is 1. The van der Waals surface area contributed by atoms with E-state index >= 15 is 0 Å². The van der Waals surface area contributed by atoms with Crippen molar-refractivity contribution in [3.05, 3.63) is 11.3 Å². The van der Waals surface area contributed by atoms with Crippen LogP contribution in [0.2, 0.25) is 0 Å². The number of carbonyl (C=O) groups excluding carboxylic acids is 1. The Hall–Kier alpha value is -1.30. The Balaban J connectivity index is 2.89. The number of nitriles is 1. The Labute approximate surface area is 130 Å². The van der Waals surface area contributed by atoms with Crippen molar-refractivity contribution >= 4 is 5.78 Å². The van der Waals surface area contributed by atoms with Gasteiger partial charge in [0.2, 0.25) is 0 Å². The predicted octanol–water partition coefficient (Wildman–Crippen LogP) is 4.30. The van der Waals surface area contributed by atoms with Crippen LogP contribution in [0.15, 0.2) is 11.3 Å². The summed E-state index contributed by atoms with van der Waals surface area (Å²) in [5.74, 6) is 0.358. The maximum atomic E-state index is 12.1. The Morgan fingerprint density at radius 2 is 1.71 bits per heavy atom. The van der Waals surface area contributed by atoms with Gasteiger partial charge in [-0.05, 0) is 50.0 Å². The molecule has 0 N–H and O–H groups in total. The average Bonchev–Trinajstić information content (AvgIpc) is 2.36. The molecule has 1 rings (SSSR count). The second-order valence-corrected chi connectivity index (χ2v) is 7.67. The first-order valence-corrected chi connectivity index (χ1v) is 7.99. The minimum absolute atomic E-state index is 0.154. The maximum absolute atomic E-state index is 12.1. The van der Waals surface area contributed by atoms with Crippen molar-refractivity contribution in [3.8, 4) is 6.07 Å². The van der Waals surface area contributed by atoms with E-state index in [1.54, 1.807) is 6.92 Å². The minimum Gasteiger partial charge on any atom is -0.369 e. The lowest BCUT2D eigenvalue weighted by atomic mass is 9.84. The fraction of sp³-hybridized carbons (Fsp3) is 0.778. The second kappa shape index (κ2) is 7.11. The van der Waals surface area contributed by atoms with E-state index in [1.165, 1.54) is 5.57 Å². The van der Waals surface area contributed by atoms with Crippen LogP contribution in [0.4, 0.5) is 0 Å². The molecule has 0 saturated heterocycles. The van der Waals surface area contributed by atoms with Gasteiger partial charge in [0.15, 0.2) is 5.78 Å². The van der Waals surface area contributed by atoms with Crippen LogP contribution in [0.25, 0.3) is 0 Å². The fourth-order valence-corrected chi connectivity index (χ4v) is 3.50. The highest BCUT2D eigenvalue weighted by Crippen LogP contribution is 2.31. The molecule has 0 radical (unpaired) electrons. The van der Waals surface area contributed by atoms with E-state index in [0.29, 0.717) is 6.04 Å². The Kier molecular flexibility index (Phi) is 6.01. The number of allylic oxidation sites excluding steroid dienone is 2. The molecule has 3 heteroatoms. The Morgan fingerprint density at radius 1 is 1.19 bits per heavy atom. The Morgan fingerprint density at radius 3 is 2.10 bits per heavy atom. The van der Waals surface area contributed by atoms with Gasteiger partial charge in [0, 0.05) is 25.9 Å². The molecule has 0 heterocycles. The van der Waals surface area contributed by atoms with Crippen LogP contribution in [-0.2, 0) is 4.79 Å². The van der Waals surface area contributed by atoms with Crippen LogP contribution in [0.5, 0.6) is 0 Å². The van der Waals surface area contributed by atoms with Crippen LogP contribution in [-0.4, -0.2) is 23.8 Å². The molecule has 0 aromatic heterocycles.